The zero-order valence-corrected chi connectivity index (χ0v) is 15.3. The van der Waals surface area contributed by atoms with Crippen molar-refractivity contribution in [2.24, 2.45) is 12.0 Å². The van der Waals surface area contributed by atoms with Crippen LogP contribution in [-0.2, 0) is 13.6 Å². The summed E-state index contributed by atoms with van der Waals surface area (Å²) in [5.41, 5.74) is 2.11. The lowest BCUT2D eigenvalue weighted by Crippen LogP contribution is -2.39. The summed E-state index contributed by atoms with van der Waals surface area (Å²) in [4.78, 5) is 9.30. The number of aryl methyl sites for hydroxylation is 1. The molecule has 0 saturated carbocycles. The number of fused-ring (bicyclic) bond motifs is 1. The van der Waals surface area contributed by atoms with Crippen LogP contribution >= 0.6 is 0 Å². The summed E-state index contributed by atoms with van der Waals surface area (Å²) < 4.78 is 7.78. The van der Waals surface area contributed by atoms with Gasteiger partial charge in [0, 0.05) is 13.6 Å². The fraction of sp³-hybridized carbons (Fsp3) is 0.300. The Morgan fingerprint density at radius 3 is 2.62 bits per heavy atom. The molecule has 26 heavy (non-hydrogen) atoms. The third kappa shape index (κ3) is 4.53. The van der Waals surface area contributed by atoms with Gasteiger partial charge in [0.15, 0.2) is 5.96 Å². The van der Waals surface area contributed by atoms with Crippen molar-refractivity contribution in [2.45, 2.75) is 13.5 Å². The highest BCUT2D eigenvalue weighted by atomic mass is 16.5. The molecule has 0 saturated heterocycles. The minimum Gasteiger partial charge on any atom is -0.492 e. The first kappa shape index (κ1) is 17.8. The maximum Gasteiger partial charge on any atom is 0.191 e. The predicted octanol–water partition coefficient (Wildman–Crippen LogP) is 2.71. The highest BCUT2D eigenvalue weighted by Gasteiger charge is 2.06. The molecular formula is C20H25N5O. The largest absolute Gasteiger partial charge is 0.492 e. The van der Waals surface area contributed by atoms with Crippen LogP contribution in [-0.4, -0.2) is 35.2 Å². The molecule has 0 atom stereocenters. The Hall–Kier alpha value is -3.02. The minimum absolute atomic E-state index is 0.514. The zero-order valence-electron chi connectivity index (χ0n) is 15.3. The Morgan fingerprint density at radius 1 is 1.08 bits per heavy atom. The van der Waals surface area contributed by atoms with Gasteiger partial charge in [0.25, 0.3) is 0 Å². The van der Waals surface area contributed by atoms with E-state index in [-0.39, 0.29) is 0 Å². The lowest BCUT2D eigenvalue weighted by molar-refractivity contribution is 0.322. The van der Waals surface area contributed by atoms with Crippen LogP contribution < -0.4 is 15.4 Å². The van der Waals surface area contributed by atoms with Crippen LogP contribution in [0.4, 0.5) is 0 Å². The number of nitrogens with zero attached hydrogens (tertiary/aromatic N) is 3. The first-order valence-electron chi connectivity index (χ1n) is 8.88. The fourth-order valence-electron chi connectivity index (χ4n) is 2.68. The van der Waals surface area contributed by atoms with E-state index in [9.17, 15) is 0 Å². The molecule has 0 bridgehead atoms. The Morgan fingerprint density at radius 2 is 1.85 bits per heavy atom. The van der Waals surface area contributed by atoms with Crippen LogP contribution in [0.3, 0.4) is 0 Å². The van der Waals surface area contributed by atoms with E-state index in [0.29, 0.717) is 19.7 Å². The monoisotopic (exact) mass is 351 g/mol. The van der Waals surface area contributed by atoms with Crippen LogP contribution in [0.15, 0.2) is 59.6 Å². The second-order valence-corrected chi connectivity index (χ2v) is 5.86. The van der Waals surface area contributed by atoms with E-state index in [0.717, 1.165) is 35.1 Å². The molecule has 0 radical (unpaired) electrons. The quantitative estimate of drug-likeness (QED) is 0.390. The molecule has 0 aliphatic heterocycles. The van der Waals surface area contributed by atoms with Gasteiger partial charge >= 0.3 is 0 Å². The van der Waals surface area contributed by atoms with Crippen LogP contribution in [0.1, 0.15) is 12.7 Å². The van der Waals surface area contributed by atoms with Crippen LogP contribution in [0, 0.1) is 0 Å². The van der Waals surface area contributed by atoms with Gasteiger partial charge < -0.3 is 19.9 Å². The SMILES string of the molecule is CCNC(=NCc1nc2ccccc2n1C)NCCOc1ccccc1. The van der Waals surface area contributed by atoms with Crippen molar-refractivity contribution in [2.75, 3.05) is 19.7 Å². The third-order valence-corrected chi connectivity index (χ3v) is 4.01. The molecule has 0 aliphatic rings. The van der Waals surface area contributed by atoms with E-state index >= 15 is 0 Å². The van der Waals surface area contributed by atoms with Crippen LogP contribution in [0.2, 0.25) is 0 Å². The number of aromatic nitrogens is 2. The van der Waals surface area contributed by atoms with E-state index in [2.05, 4.69) is 31.2 Å². The molecule has 3 rings (SSSR count). The van der Waals surface area contributed by atoms with Gasteiger partial charge in [-0.1, -0.05) is 30.3 Å². The second-order valence-electron chi connectivity index (χ2n) is 5.86. The van der Waals surface area contributed by atoms with Gasteiger partial charge in [-0.25, -0.2) is 9.98 Å². The lowest BCUT2D eigenvalue weighted by Gasteiger charge is -2.12. The average Bonchev–Trinajstić information content (AvgIpc) is 3.00. The molecule has 0 unspecified atom stereocenters. The molecule has 6 nitrogen and oxygen atoms in total. The molecule has 0 fully saturated rings. The molecular weight excluding hydrogens is 326 g/mol. The number of guanidine groups is 1. The number of para-hydroxylation sites is 3. The van der Waals surface area contributed by atoms with Crippen LogP contribution in [0.5, 0.6) is 5.75 Å². The summed E-state index contributed by atoms with van der Waals surface area (Å²) in [6, 6.07) is 17.9. The Balaban J connectivity index is 1.57. The second kappa shape index (κ2) is 8.89. The summed E-state index contributed by atoms with van der Waals surface area (Å²) in [6.45, 7) is 4.60. The van der Waals surface area contributed by atoms with Crippen LogP contribution in [0.25, 0.3) is 11.0 Å². The smallest absolute Gasteiger partial charge is 0.191 e. The van der Waals surface area contributed by atoms with Gasteiger partial charge in [-0.3, -0.25) is 0 Å². The number of imidazole rings is 1. The van der Waals surface area contributed by atoms with Gasteiger partial charge in [0.1, 0.15) is 24.7 Å². The predicted molar refractivity (Wildman–Crippen MR) is 105 cm³/mol. The highest BCUT2D eigenvalue weighted by Crippen LogP contribution is 2.14. The van der Waals surface area contributed by atoms with Gasteiger partial charge in [-0.05, 0) is 31.2 Å². The van der Waals surface area contributed by atoms with Crippen molar-refractivity contribution in [3.63, 3.8) is 0 Å². The molecule has 0 spiro atoms. The number of benzene rings is 2. The van der Waals surface area contributed by atoms with Crippen molar-refractivity contribution < 1.29 is 4.74 Å². The first-order valence-corrected chi connectivity index (χ1v) is 8.88. The zero-order chi connectivity index (χ0) is 18.2. The van der Waals surface area contributed by atoms with E-state index in [4.69, 9.17) is 4.74 Å². The maximum absolute atomic E-state index is 5.69. The standard InChI is InChI=1S/C20H25N5O/c1-3-21-20(22-13-14-26-16-9-5-4-6-10-16)23-15-19-24-17-11-7-8-12-18(17)25(19)2/h4-12H,3,13-15H2,1-2H3,(H2,21,22,23). The molecule has 136 valence electrons. The van der Waals surface area contributed by atoms with Crippen molar-refractivity contribution in [1.82, 2.24) is 20.2 Å². The topological polar surface area (TPSA) is 63.5 Å². The van der Waals surface area contributed by atoms with Crippen molar-refractivity contribution in [3.8, 4) is 5.75 Å². The van der Waals surface area contributed by atoms with Crippen molar-refractivity contribution >= 4 is 17.0 Å². The van der Waals surface area contributed by atoms with Gasteiger partial charge in [0.2, 0.25) is 0 Å². The minimum atomic E-state index is 0.514. The number of nitrogens with one attached hydrogen (secondary N) is 2. The molecule has 2 aromatic carbocycles. The molecule has 3 aromatic rings. The van der Waals surface area contributed by atoms with E-state index in [1.165, 1.54) is 0 Å². The molecule has 1 aromatic heterocycles. The van der Waals surface area contributed by atoms with Crippen molar-refractivity contribution in [3.05, 3.63) is 60.4 Å². The van der Waals surface area contributed by atoms with Gasteiger partial charge in [-0.2, -0.15) is 0 Å². The average molecular weight is 351 g/mol. The summed E-state index contributed by atoms with van der Waals surface area (Å²) >= 11 is 0. The Kier molecular flexibility index (Phi) is 6.09. The number of hydrogen-bond donors (Lipinski definition) is 2. The van der Waals surface area contributed by atoms with Crippen molar-refractivity contribution in [1.29, 1.82) is 0 Å². The number of rotatable bonds is 7. The highest BCUT2D eigenvalue weighted by molar-refractivity contribution is 5.80. The lowest BCUT2D eigenvalue weighted by atomic mass is 10.3. The molecule has 0 amide bonds. The Labute approximate surface area is 153 Å². The molecule has 0 aliphatic carbocycles. The molecule has 2 N–H and O–H groups in total. The third-order valence-electron chi connectivity index (χ3n) is 4.01. The van der Waals surface area contributed by atoms with Gasteiger partial charge in [0.05, 0.1) is 17.6 Å². The first-order chi connectivity index (χ1) is 12.8. The van der Waals surface area contributed by atoms with E-state index in [1.54, 1.807) is 0 Å². The molecule has 1 heterocycles. The summed E-state index contributed by atoms with van der Waals surface area (Å²) in [5.74, 6) is 2.57. The maximum atomic E-state index is 5.69. The Bertz CT molecular complexity index is 857. The normalized spacial score (nSPS) is 11.5. The summed E-state index contributed by atoms with van der Waals surface area (Å²) in [6.07, 6.45) is 0. The molecule has 6 heteroatoms. The summed E-state index contributed by atoms with van der Waals surface area (Å²) in [5, 5.41) is 6.54. The summed E-state index contributed by atoms with van der Waals surface area (Å²) in [7, 11) is 2.02. The fourth-order valence-corrected chi connectivity index (χ4v) is 2.68. The number of aliphatic imine (C=N–C) groups is 1. The number of ether oxygens (including phenoxy) is 1. The van der Waals surface area contributed by atoms with Gasteiger partial charge in [-0.15, -0.1) is 0 Å². The van der Waals surface area contributed by atoms with E-state index in [1.807, 2.05) is 62.5 Å². The van der Waals surface area contributed by atoms with E-state index < -0.39 is 0 Å². The number of hydrogen-bond acceptors (Lipinski definition) is 3.